The second-order valence-corrected chi connectivity index (χ2v) is 3.70. The Labute approximate surface area is 90.1 Å². The van der Waals surface area contributed by atoms with Gasteiger partial charge in [-0.1, -0.05) is 19.9 Å². The number of rotatable bonds is 4. The summed E-state index contributed by atoms with van der Waals surface area (Å²) in [6.45, 7) is 3.99. The number of pyridine rings is 1. The van der Waals surface area contributed by atoms with E-state index in [1.165, 1.54) is 0 Å². The van der Waals surface area contributed by atoms with Crippen molar-refractivity contribution in [2.75, 3.05) is 12.4 Å². The van der Waals surface area contributed by atoms with Crippen LogP contribution in [-0.4, -0.2) is 24.0 Å². The third-order valence-electron chi connectivity index (χ3n) is 2.16. The second kappa shape index (κ2) is 5.34. The van der Waals surface area contributed by atoms with E-state index in [0.29, 0.717) is 0 Å². The molecule has 4 heteroatoms. The molecule has 4 nitrogen and oxygen atoms in total. The number of carbonyl (C=O) groups is 1. The van der Waals surface area contributed by atoms with Gasteiger partial charge in [-0.2, -0.15) is 0 Å². The van der Waals surface area contributed by atoms with Gasteiger partial charge in [0.1, 0.15) is 11.9 Å². The van der Waals surface area contributed by atoms with Crippen LogP contribution >= 0.6 is 0 Å². The van der Waals surface area contributed by atoms with Crippen molar-refractivity contribution in [3.05, 3.63) is 24.4 Å². The summed E-state index contributed by atoms with van der Waals surface area (Å²) < 4.78 is 0. The lowest BCUT2D eigenvalue weighted by molar-refractivity contribution is -0.122. The molecule has 0 spiro atoms. The van der Waals surface area contributed by atoms with E-state index in [2.05, 4.69) is 15.6 Å². The Bertz CT molecular complexity index is 311. The molecule has 1 heterocycles. The summed E-state index contributed by atoms with van der Waals surface area (Å²) in [6, 6.07) is 5.33. The summed E-state index contributed by atoms with van der Waals surface area (Å²) >= 11 is 0. The summed E-state index contributed by atoms with van der Waals surface area (Å²) in [6.07, 6.45) is 1.70. The van der Waals surface area contributed by atoms with E-state index >= 15 is 0 Å². The van der Waals surface area contributed by atoms with Crippen LogP contribution in [0.4, 0.5) is 5.82 Å². The standard InChI is InChI=1S/C11H17N3O/c1-8(2)10(11(15)12-3)14-9-6-4-5-7-13-9/h4-8,10H,1-3H3,(H,12,15)(H,13,14). The first-order valence-corrected chi connectivity index (χ1v) is 5.04. The SMILES string of the molecule is CNC(=O)C(Nc1ccccn1)C(C)C. The van der Waals surface area contributed by atoms with Gasteiger partial charge in [-0.05, 0) is 18.1 Å². The lowest BCUT2D eigenvalue weighted by atomic mass is 10.0. The lowest BCUT2D eigenvalue weighted by Gasteiger charge is -2.20. The smallest absolute Gasteiger partial charge is 0.242 e. The maximum Gasteiger partial charge on any atom is 0.242 e. The zero-order valence-corrected chi connectivity index (χ0v) is 9.32. The number of nitrogens with zero attached hydrogens (tertiary/aromatic N) is 1. The van der Waals surface area contributed by atoms with Crippen molar-refractivity contribution in [1.29, 1.82) is 0 Å². The molecule has 1 atom stereocenters. The van der Waals surface area contributed by atoms with Crippen molar-refractivity contribution in [2.24, 2.45) is 5.92 Å². The molecular weight excluding hydrogens is 190 g/mol. The van der Waals surface area contributed by atoms with E-state index in [0.717, 1.165) is 5.82 Å². The predicted octanol–water partition coefficient (Wildman–Crippen LogP) is 1.26. The number of anilines is 1. The average Bonchev–Trinajstić information content (AvgIpc) is 2.26. The molecule has 1 rings (SSSR count). The highest BCUT2D eigenvalue weighted by atomic mass is 16.2. The fourth-order valence-corrected chi connectivity index (χ4v) is 1.30. The van der Waals surface area contributed by atoms with Gasteiger partial charge in [0, 0.05) is 13.2 Å². The molecule has 0 bridgehead atoms. The van der Waals surface area contributed by atoms with E-state index in [4.69, 9.17) is 0 Å². The van der Waals surface area contributed by atoms with Crippen LogP contribution in [0.5, 0.6) is 0 Å². The van der Waals surface area contributed by atoms with Gasteiger partial charge >= 0.3 is 0 Å². The topological polar surface area (TPSA) is 54.0 Å². The summed E-state index contributed by atoms with van der Waals surface area (Å²) in [4.78, 5) is 15.7. The van der Waals surface area contributed by atoms with Crippen LogP contribution in [-0.2, 0) is 4.79 Å². The van der Waals surface area contributed by atoms with E-state index < -0.39 is 0 Å². The van der Waals surface area contributed by atoms with E-state index in [9.17, 15) is 4.79 Å². The first kappa shape index (κ1) is 11.5. The molecule has 0 aliphatic heterocycles. The molecule has 0 aliphatic carbocycles. The van der Waals surface area contributed by atoms with Gasteiger partial charge in [0.2, 0.25) is 5.91 Å². The van der Waals surface area contributed by atoms with Crippen LogP contribution in [0, 0.1) is 5.92 Å². The molecule has 0 saturated carbocycles. The largest absolute Gasteiger partial charge is 0.358 e. The Morgan fingerprint density at radius 1 is 1.40 bits per heavy atom. The predicted molar refractivity (Wildman–Crippen MR) is 60.6 cm³/mol. The first-order chi connectivity index (χ1) is 7.15. The molecule has 0 aromatic carbocycles. The van der Waals surface area contributed by atoms with Gasteiger partial charge in [0.25, 0.3) is 0 Å². The normalized spacial score (nSPS) is 12.3. The van der Waals surface area contributed by atoms with Crippen molar-refractivity contribution >= 4 is 11.7 Å². The number of nitrogens with one attached hydrogen (secondary N) is 2. The van der Waals surface area contributed by atoms with Crippen LogP contribution in [0.25, 0.3) is 0 Å². The molecule has 1 unspecified atom stereocenters. The fraction of sp³-hybridized carbons (Fsp3) is 0.455. The third-order valence-corrected chi connectivity index (χ3v) is 2.16. The molecule has 1 amide bonds. The molecule has 0 aliphatic rings. The Morgan fingerprint density at radius 2 is 2.13 bits per heavy atom. The lowest BCUT2D eigenvalue weighted by Crippen LogP contribution is -2.41. The molecule has 0 fully saturated rings. The van der Waals surface area contributed by atoms with Gasteiger partial charge in [-0.25, -0.2) is 4.98 Å². The molecule has 2 N–H and O–H groups in total. The van der Waals surface area contributed by atoms with Gasteiger partial charge in [0.15, 0.2) is 0 Å². The average molecular weight is 207 g/mol. The first-order valence-electron chi connectivity index (χ1n) is 5.04. The maximum atomic E-state index is 11.6. The minimum atomic E-state index is -0.245. The number of likely N-dealkylation sites (N-methyl/N-ethyl adjacent to an activating group) is 1. The third kappa shape index (κ3) is 3.23. The number of hydrogen-bond donors (Lipinski definition) is 2. The number of carbonyl (C=O) groups excluding carboxylic acids is 1. The molecule has 1 aromatic rings. The second-order valence-electron chi connectivity index (χ2n) is 3.70. The quantitative estimate of drug-likeness (QED) is 0.781. The van der Waals surface area contributed by atoms with Crippen LogP contribution in [0.2, 0.25) is 0 Å². The molecule has 82 valence electrons. The molecule has 0 saturated heterocycles. The molecule has 15 heavy (non-hydrogen) atoms. The van der Waals surface area contributed by atoms with E-state index in [1.54, 1.807) is 13.2 Å². The van der Waals surface area contributed by atoms with Crippen molar-refractivity contribution in [2.45, 2.75) is 19.9 Å². The zero-order valence-electron chi connectivity index (χ0n) is 9.32. The van der Waals surface area contributed by atoms with Gasteiger partial charge in [-0.3, -0.25) is 4.79 Å². The number of amides is 1. The van der Waals surface area contributed by atoms with Crippen LogP contribution in [0.15, 0.2) is 24.4 Å². The molecule has 1 aromatic heterocycles. The van der Waals surface area contributed by atoms with Crippen molar-refractivity contribution in [1.82, 2.24) is 10.3 Å². The maximum absolute atomic E-state index is 11.6. The van der Waals surface area contributed by atoms with Crippen molar-refractivity contribution < 1.29 is 4.79 Å². The van der Waals surface area contributed by atoms with Crippen molar-refractivity contribution in [3.63, 3.8) is 0 Å². The van der Waals surface area contributed by atoms with Crippen LogP contribution < -0.4 is 10.6 Å². The van der Waals surface area contributed by atoms with Gasteiger partial charge < -0.3 is 10.6 Å². The zero-order chi connectivity index (χ0) is 11.3. The monoisotopic (exact) mass is 207 g/mol. The minimum absolute atomic E-state index is 0.0179. The summed E-state index contributed by atoms with van der Waals surface area (Å²) in [5.41, 5.74) is 0. The number of aromatic nitrogens is 1. The van der Waals surface area contributed by atoms with Crippen LogP contribution in [0.1, 0.15) is 13.8 Å². The Hall–Kier alpha value is -1.58. The highest BCUT2D eigenvalue weighted by Gasteiger charge is 2.20. The Morgan fingerprint density at radius 3 is 2.60 bits per heavy atom. The number of hydrogen-bond acceptors (Lipinski definition) is 3. The fourth-order valence-electron chi connectivity index (χ4n) is 1.30. The molecular formula is C11H17N3O. The Kier molecular flexibility index (Phi) is 4.09. The van der Waals surface area contributed by atoms with E-state index in [1.807, 2.05) is 32.0 Å². The van der Waals surface area contributed by atoms with Gasteiger partial charge in [-0.15, -0.1) is 0 Å². The highest BCUT2D eigenvalue weighted by molar-refractivity contribution is 5.84. The van der Waals surface area contributed by atoms with Crippen LogP contribution in [0.3, 0.4) is 0 Å². The van der Waals surface area contributed by atoms with Gasteiger partial charge in [0.05, 0.1) is 0 Å². The summed E-state index contributed by atoms with van der Waals surface area (Å²) in [5, 5.41) is 5.74. The Balaban J connectivity index is 2.72. The highest BCUT2D eigenvalue weighted by Crippen LogP contribution is 2.09. The van der Waals surface area contributed by atoms with E-state index in [-0.39, 0.29) is 17.9 Å². The van der Waals surface area contributed by atoms with Crippen molar-refractivity contribution in [3.8, 4) is 0 Å². The molecule has 0 radical (unpaired) electrons. The minimum Gasteiger partial charge on any atom is -0.358 e. The summed E-state index contributed by atoms with van der Waals surface area (Å²) in [5.74, 6) is 0.919. The summed E-state index contributed by atoms with van der Waals surface area (Å²) in [7, 11) is 1.64.